The molecule has 0 fully saturated rings. The number of nitrogens with zero attached hydrogens (tertiary/aromatic N) is 6. The molecule has 0 aliphatic carbocycles. The van der Waals surface area contributed by atoms with Gasteiger partial charge in [-0.3, -0.25) is 29.6 Å². The summed E-state index contributed by atoms with van der Waals surface area (Å²) in [5, 5.41) is 26.2. The van der Waals surface area contributed by atoms with E-state index in [1.807, 2.05) is 0 Å². The molecule has 0 spiro atoms. The smallest absolute Gasteiger partial charge is 0.269 e. The molecule has 0 bridgehead atoms. The van der Waals surface area contributed by atoms with Gasteiger partial charge < -0.3 is 4.74 Å². The summed E-state index contributed by atoms with van der Waals surface area (Å²) >= 11 is 5.99. The Morgan fingerprint density at radius 1 is 1.08 bits per heavy atom. The number of carbonyl (C=O) groups is 2. The van der Waals surface area contributed by atoms with Crippen molar-refractivity contribution in [1.82, 2.24) is 24.8 Å². The van der Waals surface area contributed by atoms with Crippen LogP contribution in [-0.2, 0) is 11.2 Å². The van der Waals surface area contributed by atoms with E-state index < -0.39 is 10.8 Å². The third-order valence-corrected chi connectivity index (χ3v) is 6.45. The molecule has 0 aliphatic heterocycles. The van der Waals surface area contributed by atoms with E-state index in [4.69, 9.17) is 16.3 Å². The molecule has 5 rings (SSSR count). The molecule has 0 saturated carbocycles. The van der Waals surface area contributed by atoms with Gasteiger partial charge in [-0.2, -0.15) is 4.68 Å². The van der Waals surface area contributed by atoms with Gasteiger partial charge in [-0.25, -0.2) is 0 Å². The molecule has 0 atom stereocenters. The molecule has 2 heterocycles. The normalized spacial score (nSPS) is 10.9. The number of non-ortho nitro benzene ring substituents is 1. The van der Waals surface area contributed by atoms with Gasteiger partial charge in [-0.15, -0.1) is 0 Å². The number of nitro groups is 1. The maximum atomic E-state index is 13.5. The zero-order valence-corrected chi connectivity index (χ0v) is 21.4. The standard InChI is InChI=1S/C26H20ClN7O5/c1-15-21(14-24(35)28-26-29-30-31-33(26)18-7-9-19(10-8-18)34(37)38)22-13-20(39-2)11-12-23(22)32(15)25(36)16-3-5-17(27)6-4-16/h3-13H,14H2,1-2H3,(H,28,29,31,35). The van der Waals surface area contributed by atoms with Crippen LogP contribution in [0, 0.1) is 17.0 Å². The molecular formula is C26H20ClN7O5. The van der Waals surface area contributed by atoms with Gasteiger partial charge in [-0.1, -0.05) is 16.7 Å². The first-order valence-electron chi connectivity index (χ1n) is 11.6. The van der Waals surface area contributed by atoms with Crippen molar-refractivity contribution in [2.24, 2.45) is 0 Å². The SMILES string of the molecule is COc1ccc2c(c1)c(CC(=O)Nc1nnnn1-c1ccc([N+](=O)[O-])cc1)c(C)n2C(=O)c1ccc(Cl)cc1. The van der Waals surface area contributed by atoms with Crippen LogP contribution in [0.4, 0.5) is 11.6 Å². The van der Waals surface area contributed by atoms with Gasteiger partial charge in [0.05, 0.1) is 29.7 Å². The average Bonchev–Trinajstić information content (AvgIpc) is 3.50. The summed E-state index contributed by atoms with van der Waals surface area (Å²) in [4.78, 5) is 37.1. The third-order valence-electron chi connectivity index (χ3n) is 6.20. The fraction of sp³-hybridized carbons (Fsp3) is 0.115. The molecule has 1 amide bonds. The molecule has 0 saturated heterocycles. The summed E-state index contributed by atoms with van der Waals surface area (Å²) in [7, 11) is 1.54. The van der Waals surface area contributed by atoms with Gasteiger partial charge in [0.2, 0.25) is 5.91 Å². The van der Waals surface area contributed by atoms with Crippen molar-refractivity contribution < 1.29 is 19.2 Å². The van der Waals surface area contributed by atoms with Gasteiger partial charge in [0.1, 0.15) is 5.75 Å². The lowest BCUT2D eigenvalue weighted by molar-refractivity contribution is -0.384. The number of carbonyl (C=O) groups excluding carboxylic acids is 2. The largest absolute Gasteiger partial charge is 0.497 e. The fourth-order valence-corrected chi connectivity index (χ4v) is 4.41. The summed E-state index contributed by atoms with van der Waals surface area (Å²) in [5.74, 6) is -0.0996. The first-order valence-corrected chi connectivity index (χ1v) is 12.0. The summed E-state index contributed by atoms with van der Waals surface area (Å²) < 4.78 is 8.19. The predicted octanol–water partition coefficient (Wildman–Crippen LogP) is 4.37. The molecule has 0 unspecified atom stereocenters. The van der Waals surface area contributed by atoms with Crippen molar-refractivity contribution in [3.05, 3.63) is 98.7 Å². The lowest BCUT2D eigenvalue weighted by Gasteiger charge is -2.08. The molecule has 2 aromatic heterocycles. The van der Waals surface area contributed by atoms with Crippen molar-refractivity contribution in [3.8, 4) is 11.4 Å². The molecule has 39 heavy (non-hydrogen) atoms. The van der Waals surface area contributed by atoms with E-state index >= 15 is 0 Å². The van der Waals surface area contributed by atoms with Crippen LogP contribution in [0.25, 0.3) is 16.6 Å². The quantitative estimate of drug-likeness (QED) is 0.234. The average molecular weight is 546 g/mol. The number of nitro benzene ring substituents is 1. The van der Waals surface area contributed by atoms with Gasteiger partial charge >= 0.3 is 0 Å². The van der Waals surface area contributed by atoms with Crippen molar-refractivity contribution in [2.75, 3.05) is 12.4 Å². The highest BCUT2D eigenvalue weighted by atomic mass is 35.5. The topological polar surface area (TPSA) is 147 Å². The molecule has 0 aliphatic rings. The Bertz CT molecular complexity index is 1730. The van der Waals surface area contributed by atoms with Crippen LogP contribution >= 0.6 is 11.6 Å². The maximum absolute atomic E-state index is 13.5. The lowest BCUT2D eigenvalue weighted by atomic mass is 10.1. The summed E-state index contributed by atoms with van der Waals surface area (Å²) in [5.41, 5.74) is 2.60. The van der Waals surface area contributed by atoms with E-state index in [0.717, 1.165) is 0 Å². The van der Waals surface area contributed by atoms with E-state index in [2.05, 4.69) is 20.8 Å². The Morgan fingerprint density at radius 3 is 2.46 bits per heavy atom. The monoisotopic (exact) mass is 545 g/mol. The number of aromatic nitrogens is 5. The number of ether oxygens (including phenoxy) is 1. The van der Waals surface area contributed by atoms with E-state index in [0.29, 0.717) is 44.2 Å². The summed E-state index contributed by atoms with van der Waals surface area (Å²) in [6.45, 7) is 1.77. The second kappa shape index (κ2) is 10.3. The predicted molar refractivity (Wildman–Crippen MR) is 143 cm³/mol. The van der Waals surface area contributed by atoms with Crippen LogP contribution < -0.4 is 10.1 Å². The number of methoxy groups -OCH3 is 1. The number of hydrogen-bond acceptors (Lipinski definition) is 8. The zero-order chi connectivity index (χ0) is 27.7. The van der Waals surface area contributed by atoms with Crippen LogP contribution in [0.3, 0.4) is 0 Å². The number of tetrazole rings is 1. The second-order valence-electron chi connectivity index (χ2n) is 8.51. The zero-order valence-electron chi connectivity index (χ0n) is 20.7. The van der Waals surface area contributed by atoms with Crippen LogP contribution in [0.1, 0.15) is 21.6 Å². The first-order chi connectivity index (χ1) is 18.8. The Morgan fingerprint density at radius 2 is 1.79 bits per heavy atom. The minimum atomic E-state index is -0.516. The Hall–Kier alpha value is -5.10. The number of anilines is 1. The highest BCUT2D eigenvalue weighted by molar-refractivity contribution is 6.30. The van der Waals surface area contributed by atoms with Crippen molar-refractivity contribution >= 4 is 46.0 Å². The second-order valence-corrected chi connectivity index (χ2v) is 8.94. The summed E-state index contributed by atoms with van der Waals surface area (Å²) in [6.07, 6.45) is -0.0937. The highest BCUT2D eigenvalue weighted by Gasteiger charge is 2.23. The van der Waals surface area contributed by atoms with Gasteiger partial charge in [-0.05, 0) is 77.5 Å². The van der Waals surface area contributed by atoms with Crippen molar-refractivity contribution in [1.29, 1.82) is 0 Å². The lowest BCUT2D eigenvalue weighted by Crippen LogP contribution is -2.19. The number of fused-ring (bicyclic) bond motifs is 1. The first kappa shape index (κ1) is 25.5. The third kappa shape index (κ3) is 4.92. The number of benzene rings is 3. The van der Waals surface area contributed by atoms with E-state index in [9.17, 15) is 19.7 Å². The van der Waals surface area contributed by atoms with Crippen LogP contribution in [0.2, 0.25) is 5.02 Å². The number of halogens is 1. The van der Waals surface area contributed by atoms with Gasteiger partial charge in [0.15, 0.2) is 0 Å². The molecule has 1 N–H and O–H groups in total. The molecular weight excluding hydrogens is 526 g/mol. The van der Waals surface area contributed by atoms with Crippen molar-refractivity contribution in [2.45, 2.75) is 13.3 Å². The molecule has 13 heteroatoms. The van der Waals surface area contributed by atoms with Crippen LogP contribution in [0.15, 0.2) is 66.7 Å². The molecule has 196 valence electrons. The Labute approximate surface area is 225 Å². The highest BCUT2D eigenvalue weighted by Crippen LogP contribution is 2.31. The number of nitrogens with one attached hydrogen (secondary N) is 1. The number of rotatable bonds is 7. The molecule has 5 aromatic rings. The molecule has 3 aromatic carbocycles. The Balaban J connectivity index is 1.47. The molecule has 12 nitrogen and oxygen atoms in total. The van der Waals surface area contributed by atoms with E-state index in [1.165, 1.54) is 36.1 Å². The van der Waals surface area contributed by atoms with Gasteiger partial charge in [0.25, 0.3) is 17.5 Å². The van der Waals surface area contributed by atoms with Gasteiger partial charge in [0, 0.05) is 33.8 Å². The van der Waals surface area contributed by atoms with E-state index in [1.54, 1.807) is 54.0 Å². The number of hydrogen-bond donors (Lipinski definition) is 1. The summed E-state index contributed by atoms with van der Waals surface area (Å²) in [6, 6.07) is 17.4. The van der Waals surface area contributed by atoms with Crippen LogP contribution in [0.5, 0.6) is 5.75 Å². The van der Waals surface area contributed by atoms with Crippen LogP contribution in [-0.4, -0.2) is 48.6 Å². The maximum Gasteiger partial charge on any atom is 0.269 e. The fourth-order valence-electron chi connectivity index (χ4n) is 4.28. The van der Waals surface area contributed by atoms with E-state index in [-0.39, 0.29) is 24.0 Å². The molecule has 0 radical (unpaired) electrons. The minimum Gasteiger partial charge on any atom is -0.497 e. The Kier molecular flexibility index (Phi) is 6.77. The number of amides is 1. The minimum absolute atomic E-state index is 0.0325. The van der Waals surface area contributed by atoms with Crippen molar-refractivity contribution in [3.63, 3.8) is 0 Å².